The van der Waals surface area contributed by atoms with Gasteiger partial charge in [-0.15, -0.1) is 13.2 Å². The van der Waals surface area contributed by atoms with Crippen LogP contribution in [0.1, 0.15) is 11.1 Å². The van der Waals surface area contributed by atoms with Crippen LogP contribution >= 0.6 is 0 Å². The number of halogens is 5. The molecule has 1 N–H and O–H groups in total. The van der Waals surface area contributed by atoms with Crippen LogP contribution in [0.25, 0.3) is 0 Å². The number of carboxylic acid groups (broad SMARTS) is 1. The Bertz CT molecular complexity index is 460. The number of aliphatic carboxylic acids is 1. The lowest BCUT2D eigenvalue weighted by molar-refractivity contribution is -0.276. The number of ether oxygens (including phenoxy) is 1. The highest BCUT2D eigenvalue weighted by Gasteiger charge is 2.32. The van der Waals surface area contributed by atoms with Crippen molar-refractivity contribution in [3.8, 4) is 5.88 Å². The Hall–Kier alpha value is -1.93. The van der Waals surface area contributed by atoms with Gasteiger partial charge >= 0.3 is 12.3 Å². The lowest BCUT2D eigenvalue weighted by atomic mass is 10.1. The van der Waals surface area contributed by atoms with Gasteiger partial charge in [0.05, 0.1) is 6.42 Å². The lowest BCUT2D eigenvalue weighted by Crippen LogP contribution is -2.19. The van der Waals surface area contributed by atoms with Crippen molar-refractivity contribution in [2.24, 2.45) is 0 Å². The molecule has 0 spiro atoms. The van der Waals surface area contributed by atoms with Gasteiger partial charge in [0.25, 0.3) is 0 Å². The average Bonchev–Trinajstić information content (AvgIpc) is 2.18. The first kappa shape index (κ1) is 14.1. The van der Waals surface area contributed by atoms with Gasteiger partial charge in [0.2, 0.25) is 11.8 Å². The van der Waals surface area contributed by atoms with Crippen molar-refractivity contribution >= 4 is 5.97 Å². The SMILES string of the molecule is O=C(O)Cc1c(CF)cc(OC(F)(F)F)nc1F. The van der Waals surface area contributed by atoms with Crippen LogP contribution in [-0.2, 0) is 17.9 Å². The average molecular weight is 271 g/mol. The van der Waals surface area contributed by atoms with Gasteiger partial charge in [0, 0.05) is 11.6 Å². The van der Waals surface area contributed by atoms with E-state index in [0.29, 0.717) is 6.07 Å². The van der Waals surface area contributed by atoms with Gasteiger partial charge in [0.1, 0.15) is 6.67 Å². The number of rotatable bonds is 4. The first-order chi connectivity index (χ1) is 8.23. The van der Waals surface area contributed by atoms with E-state index in [1.165, 1.54) is 0 Å². The van der Waals surface area contributed by atoms with E-state index in [9.17, 15) is 26.7 Å². The van der Waals surface area contributed by atoms with Crippen molar-refractivity contribution in [3.63, 3.8) is 0 Å². The van der Waals surface area contributed by atoms with Crippen LogP contribution < -0.4 is 4.74 Å². The second kappa shape index (κ2) is 5.15. The van der Waals surface area contributed by atoms with Gasteiger partial charge in [-0.1, -0.05) is 0 Å². The number of alkyl halides is 4. The maximum Gasteiger partial charge on any atom is 0.574 e. The Morgan fingerprint density at radius 1 is 1.44 bits per heavy atom. The molecule has 100 valence electrons. The van der Waals surface area contributed by atoms with E-state index >= 15 is 0 Å². The molecule has 1 heterocycles. The van der Waals surface area contributed by atoms with E-state index in [-0.39, 0.29) is 0 Å². The topological polar surface area (TPSA) is 59.4 Å². The highest BCUT2D eigenvalue weighted by molar-refractivity contribution is 5.70. The fraction of sp³-hybridized carbons (Fsp3) is 0.333. The Labute approximate surface area is 97.0 Å². The monoisotopic (exact) mass is 271 g/mol. The highest BCUT2D eigenvalue weighted by Crippen LogP contribution is 2.25. The number of carbonyl (C=O) groups is 1. The second-order valence-electron chi connectivity index (χ2n) is 3.14. The number of hydrogen-bond donors (Lipinski definition) is 1. The van der Waals surface area contributed by atoms with Crippen molar-refractivity contribution < 1.29 is 36.6 Å². The van der Waals surface area contributed by atoms with Crippen LogP contribution in [0.4, 0.5) is 22.0 Å². The summed E-state index contributed by atoms with van der Waals surface area (Å²) in [6, 6.07) is 0.509. The molecular formula is C9H6F5NO3. The van der Waals surface area contributed by atoms with Crippen LogP contribution in [0.2, 0.25) is 0 Å². The summed E-state index contributed by atoms with van der Waals surface area (Å²) in [4.78, 5) is 13.2. The molecule has 0 radical (unpaired) electrons. The van der Waals surface area contributed by atoms with Crippen molar-refractivity contribution in [3.05, 3.63) is 23.1 Å². The third kappa shape index (κ3) is 3.82. The number of nitrogens with zero attached hydrogens (tertiary/aromatic N) is 1. The van der Waals surface area contributed by atoms with Crippen molar-refractivity contribution in [2.75, 3.05) is 0 Å². The van der Waals surface area contributed by atoms with Crippen molar-refractivity contribution in [1.82, 2.24) is 4.98 Å². The Morgan fingerprint density at radius 2 is 2.06 bits per heavy atom. The summed E-state index contributed by atoms with van der Waals surface area (Å²) >= 11 is 0. The zero-order valence-electron chi connectivity index (χ0n) is 8.59. The molecule has 1 rings (SSSR count). The molecule has 1 aromatic heterocycles. The summed E-state index contributed by atoms with van der Waals surface area (Å²) in [5.41, 5.74) is -1.16. The predicted molar refractivity (Wildman–Crippen MR) is 47.0 cm³/mol. The smallest absolute Gasteiger partial charge is 0.481 e. The number of pyridine rings is 1. The largest absolute Gasteiger partial charge is 0.574 e. The predicted octanol–water partition coefficient (Wildman–Crippen LogP) is 2.22. The summed E-state index contributed by atoms with van der Waals surface area (Å²) in [6.45, 7) is -1.34. The highest BCUT2D eigenvalue weighted by atomic mass is 19.4. The van der Waals surface area contributed by atoms with E-state index in [4.69, 9.17) is 5.11 Å². The third-order valence-electron chi connectivity index (χ3n) is 1.83. The Balaban J connectivity index is 3.14. The summed E-state index contributed by atoms with van der Waals surface area (Å²) in [7, 11) is 0. The van der Waals surface area contributed by atoms with E-state index < -0.39 is 48.4 Å². The molecule has 0 aliphatic carbocycles. The zero-order chi connectivity index (χ0) is 13.9. The van der Waals surface area contributed by atoms with Gasteiger partial charge < -0.3 is 9.84 Å². The van der Waals surface area contributed by atoms with Crippen LogP contribution in [0, 0.1) is 5.95 Å². The van der Waals surface area contributed by atoms with Crippen LogP contribution in [0.5, 0.6) is 5.88 Å². The molecule has 0 aliphatic rings. The van der Waals surface area contributed by atoms with Crippen molar-refractivity contribution in [1.29, 1.82) is 0 Å². The third-order valence-corrected chi connectivity index (χ3v) is 1.83. The fourth-order valence-corrected chi connectivity index (χ4v) is 1.19. The van der Waals surface area contributed by atoms with Crippen LogP contribution in [0.3, 0.4) is 0 Å². The quantitative estimate of drug-likeness (QED) is 0.673. The van der Waals surface area contributed by atoms with E-state index in [1.807, 2.05) is 0 Å². The Kier molecular flexibility index (Phi) is 4.04. The summed E-state index contributed by atoms with van der Waals surface area (Å²) < 4.78 is 64.6. The van der Waals surface area contributed by atoms with Crippen LogP contribution in [-0.4, -0.2) is 22.4 Å². The molecule has 0 fully saturated rings. The zero-order valence-corrected chi connectivity index (χ0v) is 8.59. The molecule has 1 aromatic rings. The summed E-state index contributed by atoms with van der Waals surface area (Å²) in [5, 5.41) is 8.44. The summed E-state index contributed by atoms with van der Waals surface area (Å²) in [6.07, 6.45) is -5.98. The van der Waals surface area contributed by atoms with Gasteiger partial charge in [-0.05, 0) is 5.56 Å². The molecule has 18 heavy (non-hydrogen) atoms. The van der Waals surface area contributed by atoms with E-state index in [1.54, 1.807) is 0 Å². The number of hydrogen-bond acceptors (Lipinski definition) is 3. The number of aromatic nitrogens is 1. The molecule has 0 saturated carbocycles. The first-order valence-electron chi connectivity index (χ1n) is 4.44. The van der Waals surface area contributed by atoms with Gasteiger partial charge in [0.15, 0.2) is 0 Å². The molecule has 0 aliphatic heterocycles. The minimum absolute atomic E-state index is 0.509. The molecule has 9 heteroatoms. The second-order valence-corrected chi connectivity index (χ2v) is 3.14. The van der Waals surface area contributed by atoms with Gasteiger partial charge in [-0.3, -0.25) is 4.79 Å². The minimum atomic E-state index is -5.10. The van der Waals surface area contributed by atoms with Gasteiger partial charge in [-0.25, -0.2) is 4.39 Å². The first-order valence-corrected chi connectivity index (χ1v) is 4.44. The molecule has 0 aromatic carbocycles. The fourth-order valence-electron chi connectivity index (χ4n) is 1.19. The molecule has 0 saturated heterocycles. The molecule has 0 atom stereocenters. The van der Waals surface area contributed by atoms with E-state index in [2.05, 4.69) is 9.72 Å². The maximum atomic E-state index is 13.2. The normalized spacial score (nSPS) is 11.4. The molecule has 0 unspecified atom stereocenters. The van der Waals surface area contributed by atoms with E-state index in [0.717, 1.165) is 0 Å². The molecule has 0 amide bonds. The van der Waals surface area contributed by atoms with Crippen molar-refractivity contribution in [2.45, 2.75) is 19.5 Å². The standard InChI is InChI=1S/C9H6F5NO3/c10-3-4-1-6(18-9(12,13)14)15-8(11)5(4)2-7(16)17/h1H,2-3H2,(H,16,17). The van der Waals surface area contributed by atoms with Crippen LogP contribution in [0.15, 0.2) is 6.07 Å². The Morgan fingerprint density at radius 3 is 2.50 bits per heavy atom. The minimum Gasteiger partial charge on any atom is -0.481 e. The molecule has 0 bridgehead atoms. The van der Waals surface area contributed by atoms with Gasteiger partial charge in [-0.2, -0.15) is 9.37 Å². The number of carboxylic acids is 1. The maximum absolute atomic E-state index is 13.2. The molecule has 4 nitrogen and oxygen atoms in total. The summed E-state index contributed by atoms with van der Waals surface area (Å²) in [5.74, 6) is -4.15. The lowest BCUT2D eigenvalue weighted by Gasteiger charge is -2.11. The molecular weight excluding hydrogens is 265 g/mol.